The van der Waals surface area contributed by atoms with Gasteiger partial charge in [0.25, 0.3) is 0 Å². The van der Waals surface area contributed by atoms with Crippen LogP contribution in [0.15, 0.2) is 18.2 Å². The van der Waals surface area contributed by atoms with E-state index in [1.165, 1.54) is 12.1 Å². The summed E-state index contributed by atoms with van der Waals surface area (Å²) in [5.74, 6) is -1.22. The largest absolute Gasteiger partial charge is 0.479 e. The van der Waals surface area contributed by atoms with E-state index < -0.39 is 11.8 Å². The number of hydrogen-bond acceptors (Lipinski definition) is 4. The standard InChI is InChI=1S/C11H12FNO3S/c1-2-15-10(14)6-16-9-4-3-7(11(13)17)5-8(9)12/h3-5H,2,6H2,1H3,(H2,13,17). The van der Waals surface area contributed by atoms with Gasteiger partial charge in [0, 0.05) is 5.56 Å². The van der Waals surface area contributed by atoms with Crippen LogP contribution in [-0.2, 0) is 9.53 Å². The Morgan fingerprint density at radius 3 is 2.76 bits per heavy atom. The molecule has 0 aliphatic heterocycles. The summed E-state index contributed by atoms with van der Waals surface area (Å²) in [7, 11) is 0. The Bertz CT molecular complexity index is 437. The molecule has 6 heteroatoms. The molecule has 4 nitrogen and oxygen atoms in total. The molecular weight excluding hydrogens is 245 g/mol. The molecule has 0 unspecified atom stereocenters. The molecule has 0 heterocycles. The number of halogens is 1. The van der Waals surface area contributed by atoms with E-state index in [0.29, 0.717) is 5.56 Å². The first-order chi connectivity index (χ1) is 8.04. The number of thiocarbonyl (C=S) groups is 1. The van der Waals surface area contributed by atoms with Crippen molar-refractivity contribution in [3.63, 3.8) is 0 Å². The van der Waals surface area contributed by atoms with Gasteiger partial charge in [0.15, 0.2) is 18.2 Å². The van der Waals surface area contributed by atoms with Crippen LogP contribution in [-0.4, -0.2) is 24.2 Å². The number of benzene rings is 1. The van der Waals surface area contributed by atoms with Gasteiger partial charge in [-0.15, -0.1) is 0 Å². The molecule has 0 saturated carbocycles. The molecule has 0 fully saturated rings. The molecule has 0 radical (unpaired) electrons. The van der Waals surface area contributed by atoms with Crippen LogP contribution in [0.3, 0.4) is 0 Å². The van der Waals surface area contributed by atoms with E-state index in [2.05, 4.69) is 4.74 Å². The van der Waals surface area contributed by atoms with Crippen LogP contribution in [0.4, 0.5) is 4.39 Å². The molecule has 0 bridgehead atoms. The van der Waals surface area contributed by atoms with Gasteiger partial charge in [0.2, 0.25) is 0 Å². The quantitative estimate of drug-likeness (QED) is 0.638. The number of ether oxygens (including phenoxy) is 2. The van der Waals surface area contributed by atoms with E-state index in [9.17, 15) is 9.18 Å². The summed E-state index contributed by atoms with van der Waals surface area (Å²) in [4.78, 5) is 11.1. The lowest BCUT2D eigenvalue weighted by molar-refractivity contribution is -0.145. The predicted molar refractivity (Wildman–Crippen MR) is 64.4 cm³/mol. The summed E-state index contributed by atoms with van der Waals surface area (Å²) in [6, 6.07) is 4.04. The Morgan fingerprint density at radius 1 is 1.53 bits per heavy atom. The predicted octanol–water partition coefficient (Wildman–Crippen LogP) is 1.40. The Balaban J connectivity index is 2.66. The Hall–Kier alpha value is -1.69. The summed E-state index contributed by atoms with van der Waals surface area (Å²) in [6.07, 6.45) is 0. The van der Waals surface area contributed by atoms with E-state index in [1.54, 1.807) is 6.92 Å². The van der Waals surface area contributed by atoms with Crippen molar-refractivity contribution < 1.29 is 18.7 Å². The lowest BCUT2D eigenvalue weighted by Gasteiger charge is -2.07. The molecular formula is C11H12FNO3S. The first-order valence-electron chi connectivity index (χ1n) is 4.92. The van der Waals surface area contributed by atoms with Crippen LogP contribution in [0, 0.1) is 5.82 Å². The van der Waals surface area contributed by atoms with Crippen molar-refractivity contribution >= 4 is 23.2 Å². The zero-order valence-corrected chi connectivity index (χ0v) is 10.1. The molecule has 2 N–H and O–H groups in total. The topological polar surface area (TPSA) is 61.5 Å². The number of rotatable bonds is 5. The molecule has 0 aromatic heterocycles. The molecule has 0 aliphatic carbocycles. The minimum Gasteiger partial charge on any atom is -0.479 e. The average Bonchev–Trinajstić information content (AvgIpc) is 2.27. The van der Waals surface area contributed by atoms with Gasteiger partial charge in [0.1, 0.15) is 4.99 Å². The summed E-state index contributed by atoms with van der Waals surface area (Å²) < 4.78 is 23.0. The SMILES string of the molecule is CCOC(=O)COc1ccc(C(N)=S)cc1F. The second-order valence-electron chi connectivity index (χ2n) is 3.10. The highest BCUT2D eigenvalue weighted by atomic mass is 32.1. The molecule has 1 aromatic carbocycles. The number of nitrogens with two attached hydrogens (primary N) is 1. The van der Waals surface area contributed by atoms with Crippen molar-refractivity contribution in [1.29, 1.82) is 0 Å². The minimum absolute atomic E-state index is 0.0435. The number of hydrogen-bond donors (Lipinski definition) is 1. The van der Waals surface area contributed by atoms with Crippen molar-refractivity contribution in [2.75, 3.05) is 13.2 Å². The van der Waals surface area contributed by atoms with Crippen molar-refractivity contribution in [3.05, 3.63) is 29.6 Å². The van der Waals surface area contributed by atoms with Gasteiger partial charge in [0.05, 0.1) is 6.61 Å². The fourth-order valence-corrected chi connectivity index (χ4v) is 1.24. The first kappa shape index (κ1) is 13.4. The van der Waals surface area contributed by atoms with Gasteiger partial charge in [-0.1, -0.05) is 12.2 Å². The summed E-state index contributed by atoms with van der Waals surface area (Å²) in [5.41, 5.74) is 5.75. The van der Waals surface area contributed by atoms with Crippen LogP contribution in [0.5, 0.6) is 5.75 Å². The zero-order chi connectivity index (χ0) is 12.8. The van der Waals surface area contributed by atoms with Crippen LogP contribution in [0.2, 0.25) is 0 Å². The zero-order valence-electron chi connectivity index (χ0n) is 9.23. The lowest BCUT2D eigenvalue weighted by Crippen LogP contribution is -2.15. The highest BCUT2D eigenvalue weighted by Crippen LogP contribution is 2.18. The Kier molecular flexibility index (Phi) is 4.84. The van der Waals surface area contributed by atoms with Gasteiger partial charge >= 0.3 is 5.97 Å². The van der Waals surface area contributed by atoms with Crippen molar-refractivity contribution in [3.8, 4) is 5.75 Å². The lowest BCUT2D eigenvalue weighted by atomic mass is 10.2. The van der Waals surface area contributed by atoms with Crippen molar-refractivity contribution in [2.45, 2.75) is 6.92 Å². The monoisotopic (exact) mass is 257 g/mol. The van der Waals surface area contributed by atoms with E-state index in [4.69, 9.17) is 22.7 Å². The number of esters is 1. The van der Waals surface area contributed by atoms with Crippen LogP contribution in [0.1, 0.15) is 12.5 Å². The normalized spacial score (nSPS) is 9.76. The van der Waals surface area contributed by atoms with Gasteiger partial charge < -0.3 is 15.2 Å². The van der Waals surface area contributed by atoms with Crippen LogP contribution < -0.4 is 10.5 Å². The third kappa shape index (κ3) is 3.99. The van der Waals surface area contributed by atoms with Gasteiger partial charge in [-0.2, -0.15) is 0 Å². The molecule has 0 aliphatic rings. The maximum absolute atomic E-state index is 13.5. The van der Waals surface area contributed by atoms with E-state index in [0.717, 1.165) is 6.07 Å². The molecule has 0 saturated heterocycles. The smallest absolute Gasteiger partial charge is 0.344 e. The van der Waals surface area contributed by atoms with Gasteiger partial charge in [-0.25, -0.2) is 9.18 Å². The first-order valence-corrected chi connectivity index (χ1v) is 5.33. The third-order valence-corrected chi connectivity index (χ3v) is 2.10. The van der Waals surface area contributed by atoms with Crippen LogP contribution >= 0.6 is 12.2 Å². The molecule has 92 valence electrons. The summed E-state index contributed by atoms with van der Waals surface area (Å²) in [5, 5.41) is 0. The highest BCUT2D eigenvalue weighted by Gasteiger charge is 2.09. The second-order valence-corrected chi connectivity index (χ2v) is 3.54. The van der Waals surface area contributed by atoms with Crippen LogP contribution in [0.25, 0.3) is 0 Å². The number of carbonyl (C=O) groups excluding carboxylic acids is 1. The van der Waals surface area contributed by atoms with Gasteiger partial charge in [-0.3, -0.25) is 0 Å². The second kappa shape index (κ2) is 6.15. The average molecular weight is 257 g/mol. The molecule has 0 atom stereocenters. The van der Waals surface area contributed by atoms with Crippen molar-refractivity contribution in [2.24, 2.45) is 5.73 Å². The number of carbonyl (C=O) groups is 1. The molecule has 17 heavy (non-hydrogen) atoms. The summed E-state index contributed by atoms with van der Waals surface area (Å²) in [6.45, 7) is 1.59. The maximum atomic E-state index is 13.5. The highest BCUT2D eigenvalue weighted by molar-refractivity contribution is 7.80. The van der Waals surface area contributed by atoms with E-state index >= 15 is 0 Å². The van der Waals surface area contributed by atoms with E-state index in [-0.39, 0.29) is 24.0 Å². The molecule has 0 amide bonds. The van der Waals surface area contributed by atoms with E-state index in [1.807, 2.05) is 0 Å². The third-order valence-electron chi connectivity index (χ3n) is 1.87. The minimum atomic E-state index is -0.625. The van der Waals surface area contributed by atoms with Gasteiger partial charge in [-0.05, 0) is 25.1 Å². The van der Waals surface area contributed by atoms with Crippen molar-refractivity contribution in [1.82, 2.24) is 0 Å². The Labute approximate surface area is 104 Å². The molecule has 1 aromatic rings. The fraction of sp³-hybridized carbons (Fsp3) is 0.273. The molecule has 1 rings (SSSR count). The fourth-order valence-electron chi connectivity index (χ4n) is 1.11. The Morgan fingerprint density at radius 2 is 2.24 bits per heavy atom. The molecule has 0 spiro atoms. The maximum Gasteiger partial charge on any atom is 0.344 e. The summed E-state index contributed by atoms with van der Waals surface area (Å²) >= 11 is 4.70.